The minimum Gasteiger partial charge on any atom is -0.322 e. The fraction of sp³-hybridized carbons (Fsp3) is 0.0476. The number of aromatic nitrogens is 2. The van der Waals surface area contributed by atoms with Gasteiger partial charge in [-0.1, -0.05) is 35.9 Å². The van der Waals surface area contributed by atoms with Gasteiger partial charge < -0.3 is 9.72 Å². The number of carbonyl (C=O) groups is 1. The predicted molar refractivity (Wildman–Crippen MR) is 105 cm³/mol. The Morgan fingerprint density at radius 1 is 1.15 bits per heavy atom. The van der Waals surface area contributed by atoms with Gasteiger partial charge in [0, 0.05) is 23.6 Å². The number of hydrogen-bond donors (Lipinski definition) is 1. The Kier molecular flexibility index (Phi) is 4.38. The van der Waals surface area contributed by atoms with E-state index in [0.29, 0.717) is 5.69 Å². The number of fused-ring (bicyclic) bond motifs is 1. The second-order valence-electron chi connectivity index (χ2n) is 6.18. The highest BCUT2D eigenvalue weighted by Gasteiger charge is 2.16. The number of benzene rings is 2. The number of nitrogens with zero attached hydrogens (tertiary/aromatic N) is 2. The van der Waals surface area contributed by atoms with Crippen molar-refractivity contribution in [2.75, 3.05) is 5.32 Å². The normalized spacial score (nSPS) is 10.9. The summed E-state index contributed by atoms with van der Waals surface area (Å²) >= 11 is 5.96. The van der Waals surface area contributed by atoms with Crippen LogP contribution in [0.4, 0.5) is 10.1 Å². The molecule has 4 rings (SSSR count). The van der Waals surface area contributed by atoms with Gasteiger partial charge in [0.15, 0.2) is 0 Å². The fourth-order valence-corrected chi connectivity index (χ4v) is 3.21. The summed E-state index contributed by atoms with van der Waals surface area (Å²) in [5, 5.41) is 2.77. The molecule has 4 nitrogen and oxygen atoms in total. The molecule has 0 spiro atoms. The Bertz CT molecular complexity index is 1150. The van der Waals surface area contributed by atoms with Crippen LogP contribution in [0.1, 0.15) is 15.9 Å². The molecule has 2 heterocycles. The molecule has 0 saturated heterocycles. The maximum absolute atomic E-state index is 13.9. The van der Waals surface area contributed by atoms with Crippen molar-refractivity contribution in [1.29, 1.82) is 0 Å². The zero-order valence-electron chi connectivity index (χ0n) is 14.4. The van der Waals surface area contributed by atoms with E-state index < -0.39 is 11.7 Å². The summed E-state index contributed by atoms with van der Waals surface area (Å²) in [5.41, 5.74) is 3.93. The lowest BCUT2D eigenvalue weighted by Crippen LogP contribution is -2.14. The van der Waals surface area contributed by atoms with Crippen LogP contribution >= 0.6 is 11.6 Å². The van der Waals surface area contributed by atoms with E-state index in [1.54, 1.807) is 12.1 Å². The van der Waals surface area contributed by atoms with Crippen LogP contribution in [0, 0.1) is 12.7 Å². The van der Waals surface area contributed by atoms with E-state index >= 15 is 0 Å². The Balaban J connectivity index is 1.66. The summed E-state index contributed by atoms with van der Waals surface area (Å²) in [4.78, 5) is 17.1. The summed E-state index contributed by atoms with van der Waals surface area (Å²) in [6, 6.07) is 15.4. The lowest BCUT2D eigenvalue weighted by Gasteiger charge is -2.08. The average Bonchev–Trinajstić information content (AvgIpc) is 3.08. The van der Waals surface area contributed by atoms with Gasteiger partial charge in [-0.25, -0.2) is 9.37 Å². The molecule has 0 aliphatic carbocycles. The molecule has 0 unspecified atom stereocenters. The zero-order chi connectivity index (χ0) is 19.0. The van der Waals surface area contributed by atoms with Crippen molar-refractivity contribution in [3.05, 3.63) is 89.0 Å². The average molecular weight is 380 g/mol. The van der Waals surface area contributed by atoms with Gasteiger partial charge in [-0.15, -0.1) is 0 Å². The maximum Gasteiger partial charge on any atom is 0.260 e. The van der Waals surface area contributed by atoms with Gasteiger partial charge in [0.25, 0.3) is 5.91 Å². The summed E-state index contributed by atoms with van der Waals surface area (Å²) in [6.07, 6.45) is 3.86. The van der Waals surface area contributed by atoms with Gasteiger partial charge in [-0.3, -0.25) is 4.79 Å². The Labute approximate surface area is 160 Å². The molecule has 0 atom stereocenters. The van der Waals surface area contributed by atoms with Gasteiger partial charge in [0.2, 0.25) is 0 Å². The number of imidazole rings is 1. The second-order valence-corrected chi connectivity index (χ2v) is 6.59. The number of pyridine rings is 1. The van der Waals surface area contributed by atoms with E-state index in [-0.39, 0.29) is 10.6 Å². The summed E-state index contributed by atoms with van der Waals surface area (Å²) < 4.78 is 15.9. The van der Waals surface area contributed by atoms with Crippen LogP contribution in [0.2, 0.25) is 5.02 Å². The number of amides is 1. The smallest absolute Gasteiger partial charge is 0.260 e. The van der Waals surface area contributed by atoms with Crippen LogP contribution < -0.4 is 5.32 Å². The van der Waals surface area contributed by atoms with Crippen LogP contribution in [0.3, 0.4) is 0 Å². The quantitative estimate of drug-likeness (QED) is 0.521. The van der Waals surface area contributed by atoms with Crippen LogP contribution in [0.15, 0.2) is 67.0 Å². The molecule has 0 fully saturated rings. The largest absolute Gasteiger partial charge is 0.322 e. The molecule has 1 N–H and O–H groups in total. The van der Waals surface area contributed by atoms with Crippen molar-refractivity contribution in [3.63, 3.8) is 0 Å². The lowest BCUT2D eigenvalue weighted by atomic mass is 10.1. The molecule has 0 radical (unpaired) electrons. The first kappa shape index (κ1) is 17.2. The van der Waals surface area contributed by atoms with Crippen molar-refractivity contribution < 1.29 is 9.18 Å². The van der Waals surface area contributed by atoms with Crippen LogP contribution in [-0.2, 0) is 0 Å². The number of anilines is 1. The molecule has 2 aromatic carbocycles. The van der Waals surface area contributed by atoms with Gasteiger partial charge in [-0.2, -0.15) is 0 Å². The van der Waals surface area contributed by atoms with Gasteiger partial charge in [0.1, 0.15) is 11.5 Å². The van der Waals surface area contributed by atoms with Crippen molar-refractivity contribution in [2.45, 2.75) is 6.92 Å². The Hall–Kier alpha value is -3.18. The number of aryl methyl sites for hydroxylation is 1. The number of carbonyl (C=O) groups excluding carboxylic acids is 1. The summed E-state index contributed by atoms with van der Waals surface area (Å²) in [7, 11) is 0. The van der Waals surface area contributed by atoms with E-state index in [9.17, 15) is 9.18 Å². The highest BCUT2D eigenvalue weighted by molar-refractivity contribution is 6.34. The molecule has 0 saturated carbocycles. The van der Waals surface area contributed by atoms with Gasteiger partial charge in [-0.05, 0) is 42.8 Å². The van der Waals surface area contributed by atoms with Crippen molar-refractivity contribution >= 4 is 28.8 Å². The summed E-state index contributed by atoms with van der Waals surface area (Å²) in [5.74, 6) is -1.26. The third-order valence-electron chi connectivity index (χ3n) is 4.28. The number of halogens is 2. The maximum atomic E-state index is 13.9. The second kappa shape index (κ2) is 6.85. The molecule has 1 amide bonds. The Morgan fingerprint density at radius 2 is 1.96 bits per heavy atom. The molecule has 0 aliphatic rings. The van der Waals surface area contributed by atoms with Crippen LogP contribution in [0.25, 0.3) is 16.9 Å². The minimum atomic E-state index is -0.660. The molecule has 134 valence electrons. The third-order valence-corrected chi connectivity index (χ3v) is 4.60. The predicted octanol–water partition coefficient (Wildman–Crippen LogP) is 5.35. The first-order valence-corrected chi connectivity index (χ1v) is 8.71. The highest BCUT2D eigenvalue weighted by Crippen LogP contribution is 2.25. The minimum absolute atomic E-state index is 0.0690. The lowest BCUT2D eigenvalue weighted by molar-refractivity contribution is 0.102. The first-order chi connectivity index (χ1) is 13.0. The summed E-state index contributed by atoms with van der Waals surface area (Å²) in [6.45, 7) is 2.00. The number of nitrogens with one attached hydrogen (secondary N) is 1. The zero-order valence-corrected chi connectivity index (χ0v) is 15.2. The van der Waals surface area contributed by atoms with Gasteiger partial charge >= 0.3 is 0 Å². The molecular formula is C21H15ClFN3O. The van der Waals surface area contributed by atoms with E-state index in [4.69, 9.17) is 11.6 Å². The SMILES string of the molecule is Cc1cccn2cc(-c3cccc(NC(=O)c4c(F)cccc4Cl)c3)nc12. The van der Waals surface area contributed by atoms with E-state index in [2.05, 4.69) is 10.3 Å². The van der Waals surface area contributed by atoms with E-state index in [1.807, 2.05) is 48.0 Å². The third kappa shape index (κ3) is 3.29. The topological polar surface area (TPSA) is 46.4 Å². The number of rotatable bonds is 3. The molecule has 6 heteroatoms. The van der Waals surface area contributed by atoms with Crippen molar-refractivity contribution in [3.8, 4) is 11.3 Å². The molecule has 4 aromatic rings. The molecule has 2 aromatic heterocycles. The van der Waals surface area contributed by atoms with Crippen molar-refractivity contribution in [1.82, 2.24) is 9.38 Å². The highest BCUT2D eigenvalue weighted by atomic mass is 35.5. The standard InChI is InChI=1S/C21H15ClFN3O/c1-13-5-4-10-26-12-18(25-20(13)26)14-6-2-7-15(11-14)24-21(27)19-16(22)8-3-9-17(19)23/h2-12H,1H3,(H,24,27). The molecule has 0 aliphatic heterocycles. The van der Waals surface area contributed by atoms with Crippen LogP contribution in [0.5, 0.6) is 0 Å². The molecular weight excluding hydrogens is 365 g/mol. The fourth-order valence-electron chi connectivity index (χ4n) is 2.96. The van der Waals surface area contributed by atoms with Crippen molar-refractivity contribution in [2.24, 2.45) is 0 Å². The van der Waals surface area contributed by atoms with Gasteiger partial charge in [0.05, 0.1) is 16.3 Å². The first-order valence-electron chi connectivity index (χ1n) is 8.33. The van der Waals surface area contributed by atoms with E-state index in [1.165, 1.54) is 18.2 Å². The van der Waals surface area contributed by atoms with E-state index in [0.717, 1.165) is 22.5 Å². The monoisotopic (exact) mass is 379 g/mol. The Morgan fingerprint density at radius 3 is 2.74 bits per heavy atom. The molecule has 27 heavy (non-hydrogen) atoms. The molecule has 0 bridgehead atoms. The number of hydrogen-bond acceptors (Lipinski definition) is 2. The van der Waals surface area contributed by atoms with Crippen LogP contribution in [-0.4, -0.2) is 15.3 Å².